The summed E-state index contributed by atoms with van der Waals surface area (Å²) < 4.78 is 5.14. The predicted octanol–water partition coefficient (Wildman–Crippen LogP) is 3.29. The number of rotatable bonds is 6. The van der Waals surface area contributed by atoms with Crippen molar-refractivity contribution in [2.75, 3.05) is 12.0 Å². The maximum absolute atomic E-state index is 13.1. The molecule has 0 spiro atoms. The van der Waals surface area contributed by atoms with Crippen LogP contribution in [0, 0.1) is 0 Å². The molecule has 3 rings (SSSR count). The zero-order valence-corrected chi connectivity index (χ0v) is 16.1. The second-order valence-electron chi connectivity index (χ2n) is 7.33. The molecule has 2 aliphatic rings. The molecule has 3 amide bonds. The normalized spacial score (nSPS) is 20.8. The highest BCUT2D eigenvalue weighted by atomic mass is 16.5. The van der Waals surface area contributed by atoms with Crippen LogP contribution in [0.25, 0.3) is 0 Å². The van der Waals surface area contributed by atoms with Crippen molar-refractivity contribution < 1.29 is 19.1 Å². The Labute approximate surface area is 160 Å². The van der Waals surface area contributed by atoms with Gasteiger partial charge in [0.25, 0.3) is 5.91 Å². The molecule has 0 bridgehead atoms. The van der Waals surface area contributed by atoms with Crippen LogP contribution >= 0.6 is 0 Å². The standard InChI is InChI=1S/C21H28N2O4/c1-3-7-19(24)22(15-8-5-4-6-9-15)18-14-20(25)23(21(18)26)16-10-12-17(27-2)13-11-16/h10-13,15,18H,3-9,14H2,1-2H3. The molecule has 6 nitrogen and oxygen atoms in total. The lowest BCUT2D eigenvalue weighted by Gasteiger charge is -2.37. The summed E-state index contributed by atoms with van der Waals surface area (Å²) in [5.41, 5.74) is 0.528. The molecule has 1 saturated heterocycles. The van der Waals surface area contributed by atoms with Gasteiger partial charge in [-0.2, -0.15) is 0 Å². The minimum Gasteiger partial charge on any atom is -0.497 e. The molecular weight excluding hydrogens is 344 g/mol. The first-order valence-electron chi connectivity index (χ1n) is 9.88. The van der Waals surface area contributed by atoms with Gasteiger partial charge < -0.3 is 9.64 Å². The minimum absolute atomic E-state index is 0.00729. The summed E-state index contributed by atoms with van der Waals surface area (Å²) in [6, 6.07) is 6.25. The molecular formula is C21H28N2O4. The molecule has 1 aliphatic heterocycles. The van der Waals surface area contributed by atoms with Gasteiger partial charge >= 0.3 is 0 Å². The van der Waals surface area contributed by atoms with E-state index in [1.807, 2.05) is 6.92 Å². The van der Waals surface area contributed by atoms with E-state index in [0.717, 1.165) is 32.1 Å². The molecule has 1 aliphatic carbocycles. The van der Waals surface area contributed by atoms with Crippen LogP contribution < -0.4 is 9.64 Å². The average molecular weight is 372 g/mol. The zero-order chi connectivity index (χ0) is 19.4. The molecule has 0 radical (unpaired) electrons. The lowest BCUT2D eigenvalue weighted by molar-refractivity contribution is -0.141. The number of nitrogens with zero attached hydrogens (tertiary/aromatic N) is 2. The molecule has 146 valence electrons. The Hall–Kier alpha value is -2.37. The van der Waals surface area contributed by atoms with Gasteiger partial charge in [0.1, 0.15) is 11.8 Å². The summed E-state index contributed by atoms with van der Waals surface area (Å²) in [6.45, 7) is 1.96. The molecule has 1 atom stereocenters. The highest BCUT2D eigenvalue weighted by molar-refractivity contribution is 6.23. The number of benzene rings is 1. The van der Waals surface area contributed by atoms with Crippen LogP contribution in [0.3, 0.4) is 0 Å². The van der Waals surface area contributed by atoms with E-state index in [4.69, 9.17) is 4.74 Å². The van der Waals surface area contributed by atoms with E-state index in [1.165, 1.54) is 11.3 Å². The van der Waals surface area contributed by atoms with Gasteiger partial charge in [-0.3, -0.25) is 14.4 Å². The number of methoxy groups -OCH3 is 1. The Morgan fingerprint density at radius 1 is 1.15 bits per heavy atom. The Kier molecular flexibility index (Phi) is 6.14. The predicted molar refractivity (Wildman–Crippen MR) is 103 cm³/mol. The monoisotopic (exact) mass is 372 g/mol. The number of hydrogen-bond donors (Lipinski definition) is 0. The summed E-state index contributed by atoms with van der Waals surface area (Å²) in [7, 11) is 1.57. The average Bonchev–Trinajstić information content (AvgIpc) is 2.97. The maximum Gasteiger partial charge on any atom is 0.257 e. The highest BCUT2D eigenvalue weighted by Crippen LogP contribution is 2.32. The van der Waals surface area contributed by atoms with Gasteiger partial charge in [0.15, 0.2) is 0 Å². The van der Waals surface area contributed by atoms with Crippen molar-refractivity contribution in [2.45, 2.75) is 70.4 Å². The minimum atomic E-state index is -0.679. The number of anilines is 1. The van der Waals surface area contributed by atoms with Gasteiger partial charge in [-0.1, -0.05) is 26.2 Å². The van der Waals surface area contributed by atoms with Crippen molar-refractivity contribution in [3.05, 3.63) is 24.3 Å². The van der Waals surface area contributed by atoms with Gasteiger partial charge in [0.05, 0.1) is 19.2 Å². The fraction of sp³-hybridized carbons (Fsp3) is 0.571. The van der Waals surface area contributed by atoms with Crippen molar-refractivity contribution in [3.63, 3.8) is 0 Å². The SMILES string of the molecule is CCCC(=O)N(C1CCCCC1)C1CC(=O)N(c2ccc(OC)cc2)C1=O. The third kappa shape index (κ3) is 3.99. The molecule has 27 heavy (non-hydrogen) atoms. The van der Waals surface area contributed by atoms with Crippen LogP contribution in [0.5, 0.6) is 5.75 Å². The van der Waals surface area contributed by atoms with Gasteiger partial charge in [0, 0.05) is 12.5 Å². The highest BCUT2D eigenvalue weighted by Gasteiger charge is 2.46. The largest absolute Gasteiger partial charge is 0.497 e. The molecule has 0 N–H and O–H groups in total. The molecule has 6 heteroatoms. The fourth-order valence-electron chi connectivity index (χ4n) is 4.17. The molecule has 1 aromatic rings. The van der Waals surface area contributed by atoms with Gasteiger partial charge in [-0.15, -0.1) is 0 Å². The molecule has 1 saturated carbocycles. The Balaban J connectivity index is 1.85. The number of ether oxygens (including phenoxy) is 1. The number of hydrogen-bond acceptors (Lipinski definition) is 4. The van der Waals surface area contributed by atoms with Crippen molar-refractivity contribution in [3.8, 4) is 5.75 Å². The topological polar surface area (TPSA) is 66.9 Å². The van der Waals surface area contributed by atoms with Crippen molar-refractivity contribution >= 4 is 23.4 Å². The second-order valence-corrected chi connectivity index (χ2v) is 7.33. The van der Waals surface area contributed by atoms with Crippen LogP contribution in [-0.2, 0) is 14.4 Å². The van der Waals surface area contributed by atoms with E-state index in [0.29, 0.717) is 17.9 Å². The summed E-state index contributed by atoms with van der Waals surface area (Å²) in [4.78, 5) is 41.6. The number of carbonyl (C=O) groups excluding carboxylic acids is 3. The Morgan fingerprint density at radius 2 is 1.81 bits per heavy atom. The van der Waals surface area contributed by atoms with Gasteiger partial charge in [-0.05, 0) is 43.5 Å². The lowest BCUT2D eigenvalue weighted by atomic mass is 9.92. The quantitative estimate of drug-likeness (QED) is 0.719. The summed E-state index contributed by atoms with van der Waals surface area (Å²) in [5, 5.41) is 0. The summed E-state index contributed by atoms with van der Waals surface area (Å²) in [6.07, 6.45) is 6.34. The number of amides is 3. The molecule has 2 fully saturated rings. The van der Waals surface area contributed by atoms with E-state index in [9.17, 15) is 14.4 Å². The molecule has 0 aromatic heterocycles. The number of imide groups is 1. The smallest absolute Gasteiger partial charge is 0.257 e. The van der Waals surface area contributed by atoms with E-state index in [1.54, 1.807) is 36.3 Å². The zero-order valence-electron chi connectivity index (χ0n) is 16.1. The lowest BCUT2D eigenvalue weighted by Crippen LogP contribution is -2.51. The van der Waals surface area contributed by atoms with Gasteiger partial charge in [0.2, 0.25) is 11.8 Å². The molecule has 1 unspecified atom stereocenters. The van der Waals surface area contributed by atoms with E-state index < -0.39 is 6.04 Å². The van der Waals surface area contributed by atoms with E-state index in [-0.39, 0.29) is 30.2 Å². The third-order valence-electron chi connectivity index (χ3n) is 5.51. The molecule has 1 heterocycles. The van der Waals surface area contributed by atoms with E-state index in [2.05, 4.69) is 0 Å². The maximum atomic E-state index is 13.1. The summed E-state index contributed by atoms with van der Waals surface area (Å²) in [5.74, 6) is 0.115. The first-order valence-corrected chi connectivity index (χ1v) is 9.88. The third-order valence-corrected chi connectivity index (χ3v) is 5.51. The van der Waals surface area contributed by atoms with Gasteiger partial charge in [-0.25, -0.2) is 4.90 Å². The van der Waals surface area contributed by atoms with Crippen molar-refractivity contribution in [1.29, 1.82) is 0 Å². The van der Waals surface area contributed by atoms with E-state index >= 15 is 0 Å². The first kappa shape index (κ1) is 19.4. The second kappa shape index (κ2) is 8.55. The fourth-order valence-corrected chi connectivity index (χ4v) is 4.17. The Bertz CT molecular complexity index is 695. The van der Waals surface area contributed by atoms with Crippen LogP contribution in [0.1, 0.15) is 58.3 Å². The number of carbonyl (C=O) groups is 3. The van der Waals surface area contributed by atoms with Crippen LogP contribution in [0.4, 0.5) is 5.69 Å². The van der Waals surface area contributed by atoms with Crippen molar-refractivity contribution in [2.24, 2.45) is 0 Å². The summed E-state index contributed by atoms with van der Waals surface area (Å²) >= 11 is 0. The van der Waals surface area contributed by atoms with Crippen LogP contribution in [-0.4, -0.2) is 41.8 Å². The van der Waals surface area contributed by atoms with Crippen molar-refractivity contribution in [1.82, 2.24) is 4.90 Å². The van der Waals surface area contributed by atoms with Crippen LogP contribution in [0.15, 0.2) is 24.3 Å². The first-order chi connectivity index (χ1) is 13.1. The molecule has 1 aromatic carbocycles. The Morgan fingerprint density at radius 3 is 2.41 bits per heavy atom. The van der Waals surface area contributed by atoms with Crippen LogP contribution in [0.2, 0.25) is 0 Å².